The first-order chi connectivity index (χ1) is 9.90. The monoisotopic (exact) mass is 304 g/mol. The quantitative estimate of drug-likeness (QED) is 0.883. The van der Waals surface area contributed by atoms with Crippen LogP contribution in [0.15, 0.2) is 29.6 Å². The summed E-state index contributed by atoms with van der Waals surface area (Å²) >= 11 is 1.73. The van der Waals surface area contributed by atoms with Crippen LogP contribution in [0.2, 0.25) is 0 Å². The number of thiazole rings is 1. The number of benzene rings is 1. The van der Waals surface area contributed by atoms with Crippen LogP contribution in [0.25, 0.3) is 0 Å². The van der Waals surface area contributed by atoms with Crippen molar-refractivity contribution in [3.05, 3.63) is 51.5 Å². The number of aliphatic hydroxyl groups excluding tert-OH is 1. The minimum Gasteiger partial charge on any atom is -0.392 e. The summed E-state index contributed by atoms with van der Waals surface area (Å²) in [6.07, 6.45) is 0. The first-order valence-corrected chi connectivity index (χ1v) is 8.16. The average molecular weight is 304 g/mol. The van der Waals surface area contributed by atoms with Crippen molar-refractivity contribution in [3.63, 3.8) is 0 Å². The Morgan fingerprint density at radius 2 is 2.10 bits per heavy atom. The van der Waals surface area contributed by atoms with E-state index in [9.17, 15) is 5.11 Å². The highest BCUT2D eigenvalue weighted by Crippen LogP contribution is 2.25. The molecule has 0 saturated carbocycles. The Bertz CT molecular complexity index is 586. The molecule has 0 saturated heterocycles. The van der Waals surface area contributed by atoms with E-state index in [1.165, 1.54) is 10.6 Å². The van der Waals surface area contributed by atoms with Gasteiger partial charge in [0.05, 0.1) is 17.3 Å². The van der Waals surface area contributed by atoms with Gasteiger partial charge in [-0.25, -0.2) is 4.98 Å². The van der Waals surface area contributed by atoms with E-state index in [1.54, 1.807) is 11.3 Å². The Kier molecular flexibility index (Phi) is 5.14. The molecule has 1 atom stereocenters. The van der Waals surface area contributed by atoms with Crippen LogP contribution in [-0.2, 0) is 18.6 Å². The summed E-state index contributed by atoms with van der Waals surface area (Å²) in [6, 6.07) is 8.28. The second-order valence-electron chi connectivity index (χ2n) is 6.40. The zero-order valence-corrected chi connectivity index (χ0v) is 14.0. The molecule has 0 aliphatic carbocycles. The van der Waals surface area contributed by atoms with E-state index in [-0.39, 0.29) is 18.1 Å². The fourth-order valence-electron chi connectivity index (χ4n) is 2.07. The van der Waals surface area contributed by atoms with Gasteiger partial charge in [-0.05, 0) is 18.1 Å². The molecule has 0 aliphatic heterocycles. The van der Waals surface area contributed by atoms with Crippen LogP contribution >= 0.6 is 11.3 Å². The summed E-state index contributed by atoms with van der Waals surface area (Å²) in [5.74, 6) is 0. The SMILES string of the molecule is CC(NCc1csc(C(C)(C)C)n1)c1cccc(CO)c1. The maximum absolute atomic E-state index is 9.20. The molecule has 21 heavy (non-hydrogen) atoms. The van der Waals surface area contributed by atoms with Gasteiger partial charge in [-0.15, -0.1) is 11.3 Å². The van der Waals surface area contributed by atoms with Crippen LogP contribution in [0.5, 0.6) is 0 Å². The van der Waals surface area contributed by atoms with Crippen molar-refractivity contribution >= 4 is 11.3 Å². The van der Waals surface area contributed by atoms with Crippen molar-refractivity contribution < 1.29 is 5.11 Å². The van der Waals surface area contributed by atoms with E-state index in [2.05, 4.69) is 44.5 Å². The molecule has 0 amide bonds. The highest BCUT2D eigenvalue weighted by Gasteiger charge is 2.18. The third-order valence-corrected chi connectivity index (χ3v) is 4.73. The van der Waals surface area contributed by atoms with E-state index >= 15 is 0 Å². The first-order valence-electron chi connectivity index (χ1n) is 7.28. The van der Waals surface area contributed by atoms with Crippen molar-refractivity contribution in [2.75, 3.05) is 0 Å². The van der Waals surface area contributed by atoms with E-state index in [1.807, 2.05) is 18.2 Å². The number of hydrogen-bond acceptors (Lipinski definition) is 4. The van der Waals surface area contributed by atoms with Gasteiger partial charge in [0, 0.05) is 23.4 Å². The van der Waals surface area contributed by atoms with Crippen molar-refractivity contribution in [1.82, 2.24) is 10.3 Å². The molecular formula is C17H24N2OS. The molecule has 2 N–H and O–H groups in total. The maximum Gasteiger partial charge on any atom is 0.0982 e. The van der Waals surface area contributed by atoms with Gasteiger partial charge in [0.1, 0.15) is 0 Å². The lowest BCUT2D eigenvalue weighted by molar-refractivity contribution is 0.281. The van der Waals surface area contributed by atoms with Gasteiger partial charge >= 0.3 is 0 Å². The Hall–Kier alpha value is -1.23. The highest BCUT2D eigenvalue weighted by atomic mass is 32.1. The average Bonchev–Trinajstić information content (AvgIpc) is 2.94. The van der Waals surface area contributed by atoms with Crippen molar-refractivity contribution in [3.8, 4) is 0 Å². The molecule has 4 heteroatoms. The maximum atomic E-state index is 9.20. The second-order valence-corrected chi connectivity index (χ2v) is 7.26. The molecular weight excluding hydrogens is 280 g/mol. The van der Waals surface area contributed by atoms with Gasteiger partial charge in [0.25, 0.3) is 0 Å². The molecule has 1 unspecified atom stereocenters. The van der Waals surface area contributed by atoms with Gasteiger partial charge in [0.2, 0.25) is 0 Å². The minimum atomic E-state index is 0.0849. The molecule has 2 aromatic rings. The molecule has 0 fully saturated rings. The second kappa shape index (κ2) is 6.69. The van der Waals surface area contributed by atoms with Gasteiger partial charge in [0.15, 0.2) is 0 Å². The third-order valence-electron chi connectivity index (χ3n) is 3.42. The Morgan fingerprint density at radius 3 is 2.71 bits per heavy atom. The van der Waals surface area contributed by atoms with Crippen LogP contribution in [-0.4, -0.2) is 10.1 Å². The fourth-order valence-corrected chi connectivity index (χ4v) is 2.98. The standard InChI is InChI=1S/C17H24N2OS/c1-12(14-7-5-6-13(8-14)10-20)18-9-15-11-21-16(19-15)17(2,3)4/h5-8,11-12,18,20H,9-10H2,1-4H3. The zero-order chi connectivity index (χ0) is 15.5. The number of rotatable bonds is 5. The lowest BCUT2D eigenvalue weighted by Crippen LogP contribution is -2.19. The molecule has 3 nitrogen and oxygen atoms in total. The third kappa shape index (κ3) is 4.37. The fraction of sp³-hybridized carbons (Fsp3) is 0.471. The van der Waals surface area contributed by atoms with E-state index in [0.29, 0.717) is 0 Å². The first kappa shape index (κ1) is 16.1. The molecule has 0 radical (unpaired) electrons. The van der Waals surface area contributed by atoms with Crippen LogP contribution in [0, 0.1) is 0 Å². The summed E-state index contributed by atoms with van der Waals surface area (Å²) < 4.78 is 0. The summed E-state index contributed by atoms with van der Waals surface area (Å²) in [5.41, 5.74) is 3.34. The molecule has 1 aromatic heterocycles. The molecule has 0 aliphatic rings. The largest absolute Gasteiger partial charge is 0.392 e. The van der Waals surface area contributed by atoms with Gasteiger partial charge in [-0.3, -0.25) is 0 Å². The van der Waals surface area contributed by atoms with E-state index in [0.717, 1.165) is 17.8 Å². The van der Waals surface area contributed by atoms with Crippen molar-refractivity contribution in [2.24, 2.45) is 0 Å². The Balaban J connectivity index is 1.97. The number of aliphatic hydroxyl groups is 1. The molecule has 114 valence electrons. The molecule has 1 heterocycles. The van der Waals surface area contributed by atoms with Gasteiger partial charge in [-0.2, -0.15) is 0 Å². The Labute approximate surface area is 131 Å². The highest BCUT2D eigenvalue weighted by molar-refractivity contribution is 7.09. The van der Waals surface area contributed by atoms with Gasteiger partial charge in [-0.1, -0.05) is 45.0 Å². The normalized spacial score (nSPS) is 13.4. The summed E-state index contributed by atoms with van der Waals surface area (Å²) in [6.45, 7) is 9.54. The lowest BCUT2D eigenvalue weighted by atomic mass is 9.98. The molecule has 0 bridgehead atoms. The predicted octanol–water partition coefficient (Wildman–Crippen LogP) is 3.78. The topological polar surface area (TPSA) is 45.2 Å². The number of hydrogen-bond donors (Lipinski definition) is 2. The summed E-state index contributed by atoms with van der Waals surface area (Å²) in [4.78, 5) is 4.70. The minimum absolute atomic E-state index is 0.0849. The van der Waals surface area contributed by atoms with Crippen LogP contribution < -0.4 is 5.32 Å². The van der Waals surface area contributed by atoms with Crippen LogP contribution in [0.4, 0.5) is 0 Å². The molecule has 2 rings (SSSR count). The Morgan fingerprint density at radius 1 is 1.33 bits per heavy atom. The van der Waals surface area contributed by atoms with E-state index in [4.69, 9.17) is 4.98 Å². The smallest absolute Gasteiger partial charge is 0.0982 e. The lowest BCUT2D eigenvalue weighted by Gasteiger charge is -2.15. The molecule has 0 spiro atoms. The van der Waals surface area contributed by atoms with Crippen LogP contribution in [0.3, 0.4) is 0 Å². The predicted molar refractivity (Wildman–Crippen MR) is 88.4 cm³/mol. The van der Waals surface area contributed by atoms with Crippen molar-refractivity contribution in [1.29, 1.82) is 0 Å². The van der Waals surface area contributed by atoms with Crippen molar-refractivity contribution in [2.45, 2.75) is 52.3 Å². The number of nitrogens with zero attached hydrogens (tertiary/aromatic N) is 1. The zero-order valence-electron chi connectivity index (χ0n) is 13.2. The van der Waals surface area contributed by atoms with Crippen LogP contribution in [0.1, 0.15) is 55.6 Å². The van der Waals surface area contributed by atoms with E-state index < -0.39 is 0 Å². The number of nitrogens with one attached hydrogen (secondary N) is 1. The summed E-state index contributed by atoms with van der Waals surface area (Å²) in [7, 11) is 0. The molecule has 1 aromatic carbocycles. The number of aromatic nitrogens is 1. The van der Waals surface area contributed by atoms with Gasteiger partial charge < -0.3 is 10.4 Å². The summed E-state index contributed by atoms with van der Waals surface area (Å²) in [5, 5.41) is 16.0.